The van der Waals surface area contributed by atoms with E-state index in [0.29, 0.717) is 17.9 Å². The molecule has 0 saturated carbocycles. The van der Waals surface area contributed by atoms with Gasteiger partial charge in [0, 0.05) is 12.1 Å². The Balaban J connectivity index is 2.45. The van der Waals surface area contributed by atoms with Gasteiger partial charge in [0.2, 0.25) is 0 Å². The molecule has 1 aromatic rings. The Kier molecular flexibility index (Phi) is 2.36. The number of aromatic amines is 1. The first kappa shape index (κ1) is 10.1. The van der Waals surface area contributed by atoms with Crippen molar-refractivity contribution < 1.29 is 0 Å². The first-order valence-corrected chi connectivity index (χ1v) is 5.50. The Morgan fingerprint density at radius 3 is 3.00 bits per heavy atom. The first-order chi connectivity index (χ1) is 6.56. The molecule has 1 unspecified atom stereocenters. The van der Waals surface area contributed by atoms with E-state index in [4.69, 9.17) is 17.3 Å². The summed E-state index contributed by atoms with van der Waals surface area (Å²) in [6.45, 7) is 5.27. The van der Waals surface area contributed by atoms with Gasteiger partial charge in [-0.2, -0.15) is 0 Å². The number of halogens is 1. The quantitative estimate of drug-likeness (QED) is 0.739. The zero-order valence-corrected chi connectivity index (χ0v) is 9.49. The number of hydrogen-bond donors (Lipinski definition) is 2. The Labute approximate surface area is 89.8 Å². The maximum atomic E-state index is 6.08. The predicted molar refractivity (Wildman–Crippen MR) is 59.7 cm³/mol. The van der Waals surface area contributed by atoms with Crippen LogP contribution < -0.4 is 5.73 Å². The molecule has 0 saturated heterocycles. The van der Waals surface area contributed by atoms with E-state index in [2.05, 4.69) is 18.8 Å². The molecule has 1 aromatic heterocycles. The Bertz CT molecular complexity index is 341. The molecule has 0 spiro atoms. The lowest BCUT2D eigenvalue weighted by atomic mass is 9.67. The molecular formula is C11H17ClN2. The van der Waals surface area contributed by atoms with Gasteiger partial charge in [0.05, 0.1) is 0 Å². The summed E-state index contributed by atoms with van der Waals surface area (Å²) in [5.41, 5.74) is 8.75. The van der Waals surface area contributed by atoms with Gasteiger partial charge in [-0.05, 0) is 35.9 Å². The molecule has 2 rings (SSSR count). The summed E-state index contributed by atoms with van der Waals surface area (Å²) in [6.07, 6.45) is 4.26. The van der Waals surface area contributed by atoms with E-state index >= 15 is 0 Å². The lowest BCUT2D eigenvalue weighted by molar-refractivity contribution is 0.250. The van der Waals surface area contributed by atoms with Crippen LogP contribution in [0.2, 0.25) is 5.15 Å². The van der Waals surface area contributed by atoms with Crippen LogP contribution in [0.25, 0.3) is 0 Å². The average Bonchev–Trinajstić information content (AvgIpc) is 2.46. The minimum atomic E-state index is 0.299. The highest BCUT2D eigenvalue weighted by Gasteiger charge is 2.36. The zero-order valence-electron chi connectivity index (χ0n) is 8.73. The molecule has 78 valence electrons. The van der Waals surface area contributed by atoms with Crippen molar-refractivity contribution in [3.63, 3.8) is 0 Å². The summed E-state index contributed by atoms with van der Waals surface area (Å²) in [7, 11) is 0. The predicted octanol–water partition coefficient (Wildman–Crippen LogP) is 2.68. The van der Waals surface area contributed by atoms with Crippen molar-refractivity contribution in [1.29, 1.82) is 0 Å². The second-order valence-electron chi connectivity index (χ2n) is 4.81. The van der Waals surface area contributed by atoms with Crippen molar-refractivity contribution in [3.05, 3.63) is 22.5 Å². The smallest absolute Gasteiger partial charge is 0.109 e. The van der Waals surface area contributed by atoms with E-state index in [0.717, 1.165) is 11.6 Å². The molecule has 1 aliphatic carbocycles. The van der Waals surface area contributed by atoms with E-state index in [1.807, 2.05) is 6.20 Å². The van der Waals surface area contributed by atoms with Crippen molar-refractivity contribution in [2.75, 3.05) is 6.54 Å². The summed E-state index contributed by atoms with van der Waals surface area (Å²) in [5.74, 6) is 0.440. The zero-order chi connectivity index (χ0) is 10.3. The molecule has 0 aromatic carbocycles. The molecule has 3 N–H and O–H groups in total. The van der Waals surface area contributed by atoms with E-state index in [9.17, 15) is 0 Å². The fourth-order valence-corrected chi connectivity index (χ4v) is 2.75. The number of nitrogens with two attached hydrogens (primary N) is 1. The molecule has 14 heavy (non-hydrogen) atoms. The average molecular weight is 213 g/mol. The largest absolute Gasteiger partial charge is 0.352 e. The number of hydrogen-bond acceptors (Lipinski definition) is 1. The van der Waals surface area contributed by atoms with Gasteiger partial charge in [0.25, 0.3) is 0 Å². The van der Waals surface area contributed by atoms with Crippen molar-refractivity contribution in [3.8, 4) is 0 Å². The van der Waals surface area contributed by atoms with E-state index < -0.39 is 0 Å². The monoisotopic (exact) mass is 212 g/mol. The second kappa shape index (κ2) is 3.28. The number of nitrogens with one attached hydrogen (secondary N) is 1. The van der Waals surface area contributed by atoms with Gasteiger partial charge in [0.1, 0.15) is 5.15 Å². The minimum Gasteiger partial charge on any atom is -0.352 e. The van der Waals surface area contributed by atoms with Gasteiger partial charge >= 0.3 is 0 Å². The molecular weight excluding hydrogens is 196 g/mol. The molecule has 0 fully saturated rings. The van der Waals surface area contributed by atoms with Gasteiger partial charge in [-0.15, -0.1) is 0 Å². The van der Waals surface area contributed by atoms with Crippen LogP contribution in [-0.4, -0.2) is 11.5 Å². The van der Waals surface area contributed by atoms with Crippen molar-refractivity contribution in [2.24, 2.45) is 11.1 Å². The van der Waals surface area contributed by atoms with Gasteiger partial charge in [0.15, 0.2) is 0 Å². The molecule has 0 amide bonds. The number of H-pyrrole nitrogens is 1. The van der Waals surface area contributed by atoms with E-state index in [1.54, 1.807) is 0 Å². The highest BCUT2D eigenvalue weighted by atomic mass is 35.5. The third-order valence-electron chi connectivity index (χ3n) is 3.54. The molecule has 0 bridgehead atoms. The second-order valence-corrected chi connectivity index (χ2v) is 5.19. The lowest BCUT2D eigenvalue weighted by Crippen LogP contribution is -2.32. The normalized spacial score (nSPS) is 24.7. The van der Waals surface area contributed by atoms with Gasteiger partial charge < -0.3 is 10.7 Å². The van der Waals surface area contributed by atoms with Gasteiger partial charge in [-0.3, -0.25) is 0 Å². The summed E-state index contributed by atoms with van der Waals surface area (Å²) in [6, 6.07) is 0. The maximum absolute atomic E-state index is 6.08. The van der Waals surface area contributed by atoms with Crippen LogP contribution in [-0.2, 0) is 6.42 Å². The standard InChI is InChI=1S/C11H17ClN2/c1-11(2)4-3-7-8(9(11)5-13)6-14-10(7)12/h6,9,14H,3-5,13H2,1-2H3. The Morgan fingerprint density at radius 2 is 2.36 bits per heavy atom. The first-order valence-electron chi connectivity index (χ1n) is 5.12. The van der Waals surface area contributed by atoms with Crippen molar-refractivity contribution in [2.45, 2.75) is 32.6 Å². The Morgan fingerprint density at radius 1 is 1.64 bits per heavy atom. The third kappa shape index (κ3) is 1.37. The molecule has 1 atom stereocenters. The van der Waals surface area contributed by atoms with E-state index in [1.165, 1.54) is 17.5 Å². The SMILES string of the molecule is CC1(C)CCc2c(c[nH]c2Cl)C1CN. The van der Waals surface area contributed by atoms with Crippen LogP contribution >= 0.6 is 11.6 Å². The van der Waals surface area contributed by atoms with Crippen LogP contribution in [0.4, 0.5) is 0 Å². The number of aromatic nitrogens is 1. The van der Waals surface area contributed by atoms with Crippen LogP contribution in [0.1, 0.15) is 37.3 Å². The molecule has 3 heteroatoms. The third-order valence-corrected chi connectivity index (χ3v) is 3.88. The van der Waals surface area contributed by atoms with Crippen LogP contribution in [0.5, 0.6) is 0 Å². The number of fused-ring (bicyclic) bond motifs is 1. The molecule has 1 aliphatic rings. The fourth-order valence-electron chi connectivity index (χ4n) is 2.50. The molecule has 1 heterocycles. The van der Waals surface area contributed by atoms with Crippen LogP contribution in [0.3, 0.4) is 0 Å². The Hall–Kier alpha value is -0.470. The minimum absolute atomic E-state index is 0.299. The fraction of sp³-hybridized carbons (Fsp3) is 0.636. The molecule has 2 nitrogen and oxygen atoms in total. The maximum Gasteiger partial charge on any atom is 0.109 e. The lowest BCUT2D eigenvalue weighted by Gasteiger charge is -2.38. The van der Waals surface area contributed by atoms with Crippen LogP contribution in [0.15, 0.2) is 6.20 Å². The molecule has 0 radical (unpaired) electrons. The number of rotatable bonds is 1. The summed E-state index contributed by atoms with van der Waals surface area (Å²) in [4.78, 5) is 3.09. The highest BCUT2D eigenvalue weighted by molar-refractivity contribution is 6.30. The summed E-state index contributed by atoms with van der Waals surface area (Å²) in [5, 5.41) is 0.800. The summed E-state index contributed by atoms with van der Waals surface area (Å²) < 4.78 is 0. The highest BCUT2D eigenvalue weighted by Crippen LogP contribution is 2.46. The van der Waals surface area contributed by atoms with Crippen molar-refractivity contribution in [1.82, 2.24) is 4.98 Å². The topological polar surface area (TPSA) is 41.8 Å². The summed E-state index contributed by atoms with van der Waals surface area (Å²) >= 11 is 6.08. The van der Waals surface area contributed by atoms with Crippen LogP contribution in [0, 0.1) is 5.41 Å². The van der Waals surface area contributed by atoms with Gasteiger partial charge in [-0.25, -0.2) is 0 Å². The molecule has 0 aliphatic heterocycles. The van der Waals surface area contributed by atoms with E-state index in [-0.39, 0.29) is 0 Å². The van der Waals surface area contributed by atoms with Gasteiger partial charge in [-0.1, -0.05) is 25.4 Å². The van der Waals surface area contributed by atoms with Crippen molar-refractivity contribution >= 4 is 11.6 Å².